The standard InChI is InChI=1S/C28H30F3N7O2/c1-16-26(36(3)34-27(16)35(2)13-17-4-5-17)23-11-25(22(31)12-32-23)40-21-14-37(15-21)28(39)38-24(6-7-33-38)18-8-19(29)10-20(30)9-18/h7-12,17,21,24H,4-6,13-15H2,1-3H3/t24-/m0/s1. The SMILES string of the molecule is Cc1c(N(C)CC2CC2)nn(C)c1-c1cc(OC2CN(C(=O)N3N=CC[C@H]3c3cc(F)cc(F)c3)C2)c(F)cn1. The summed E-state index contributed by atoms with van der Waals surface area (Å²) < 4.78 is 49.9. The second kappa shape index (κ2) is 10.1. The monoisotopic (exact) mass is 553 g/mol. The number of hydrazone groups is 1. The molecule has 0 radical (unpaired) electrons. The van der Waals surface area contributed by atoms with Crippen molar-refractivity contribution in [1.29, 1.82) is 0 Å². The highest BCUT2D eigenvalue weighted by Crippen LogP contribution is 2.36. The predicted octanol–water partition coefficient (Wildman–Crippen LogP) is 4.67. The molecular formula is C28H30F3N7O2. The number of pyridine rings is 1. The van der Waals surface area contributed by atoms with E-state index in [0.29, 0.717) is 23.6 Å². The number of hydrogen-bond donors (Lipinski definition) is 0. The first-order valence-corrected chi connectivity index (χ1v) is 13.3. The lowest BCUT2D eigenvalue weighted by molar-refractivity contribution is 0.0256. The van der Waals surface area contributed by atoms with Crippen molar-refractivity contribution >= 4 is 18.1 Å². The van der Waals surface area contributed by atoms with Crippen molar-refractivity contribution in [2.45, 2.75) is 38.3 Å². The number of carbonyl (C=O) groups is 1. The van der Waals surface area contributed by atoms with E-state index in [1.165, 1.54) is 34.9 Å². The van der Waals surface area contributed by atoms with Crippen LogP contribution in [0.2, 0.25) is 0 Å². The zero-order valence-electron chi connectivity index (χ0n) is 22.5. The summed E-state index contributed by atoms with van der Waals surface area (Å²) in [6.07, 6.45) is 5.08. The molecule has 4 heterocycles. The third-order valence-corrected chi connectivity index (χ3v) is 7.62. The first kappa shape index (κ1) is 26.1. The fourth-order valence-electron chi connectivity index (χ4n) is 5.39. The maximum absolute atomic E-state index is 14.7. The maximum Gasteiger partial charge on any atom is 0.341 e. The number of urea groups is 1. The number of anilines is 1. The largest absolute Gasteiger partial charge is 0.483 e. The van der Waals surface area contributed by atoms with Crippen molar-refractivity contribution in [3.05, 3.63) is 59.0 Å². The molecule has 1 saturated carbocycles. The van der Waals surface area contributed by atoms with Crippen LogP contribution < -0.4 is 9.64 Å². The van der Waals surface area contributed by atoms with Crippen LogP contribution in [0.4, 0.5) is 23.8 Å². The Bertz CT molecular complexity index is 1460. The Hall–Kier alpha value is -4.09. The predicted molar refractivity (Wildman–Crippen MR) is 143 cm³/mol. The van der Waals surface area contributed by atoms with Gasteiger partial charge in [-0.25, -0.2) is 23.0 Å². The van der Waals surface area contributed by atoms with E-state index in [2.05, 4.69) is 20.1 Å². The second-order valence-electron chi connectivity index (χ2n) is 10.8. The molecule has 210 valence electrons. The highest BCUT2D eigenvalue weighted by atomic mass is 19.1. The molecule has 2 fully saturated rings. The summed E-state index contributed by atoms with van der Waals surface area (Å²) in [5, 5.41) is 10.0. The van der Waals surface area contributed by atoms with Crippen LogP contribution >= 0.6 is 0 Å². The molecule has 0 bridgehead atoms. The molecule has 3 aliphatic rings. The number of ether oxygens (including phenoxy) is 1. The van der Waals surface area contributed by atoms with Gasteiger partial charge in [0.2, 0.25) is 0 Å². The van der Waals surface area contributed by atoms with E-state index in [9.17, 15) is 18.0 Å². The maximum atomic E-state index is 14.7. The molecule has 40 heavy (non-hydrogen) atoms. The highest BCUT2D eigenvalue weighted by Gasteiger charge is 2.39. The van der Waals surface area contributed by atoms with Gasteiger partial charge in [0.05, 0.1) is 36.7 Å². The Balaban J connectivity index is 1.12. The van der Waals surface area contributed by atoms with E-state index < -0.39 is 35.6 Å². The van der Waals surface area contributed by atoms with Crippen molar-refractivity contribution in [2.24, 2.45) is 18.1 Å². The molecule has 0 unspecified atom stereocenters. The van der Waals surface area contributed by atoms with Gasteiger partial charge in [-0.05, 0) is 43.4 Å². The minimum absolute atomic E-state index is 0.0443. The number of rotatable bonds is 7. The van der Waals surface area contributed by atoms with Crippen LogP contribution in [0.25, 0.3) is 11.4 Å². The number of amides is 2. The Kier molecular flexibility index (Phi) is 6.63. The van der Waals surface area contributed by atoms with Crippen molar-refractivity contribution in [1.82, 2.24) is 24.7 Å². The second-order valence-corrected chi connectivity index (χ2v) is 10.8. The average Bonchev–Trinajstić information content (AvgIpc) is 3.45. The van der Waals surface area contributed by atoms with Gasteiger partial charge in [-0.2, -0.15) is 10.2 Å². The molecule has 0 spiro atoms. The number of halogens is 3. The third-order valence-electron chi connectivity index (χ3n) is 7.62. The molecule has 1 saturated heterocycles. The number of aryl methyl sites for hydroxylation is 1. The van der Waals surface area contributed by atoms with Crippen LogP contribution in [0.5, 0.6) is 5.75 Å². The summed E-state index contributed by atoms with van der Waals surface area (Å²) in [5.74, 6) is -0.406. The van der Waals surface area contributed by atoms with Crippen molar-refractivity contribution in [3.63, 3.8) is 0 Å². The lowest BCUT2D eigenvalue weighted by Crippen LogP contribution is -2.58. The van der Waals surface area contributed by atoms with E-state index >= 15 is 0 Å². The molecule has 12 heteroatoms. The van der Waals surface area contributed by atoms with Gasteiger partial charge in [-0.1, -0.05) is 0 Å². The summed E-state index contributed by atoms with van der Waals surface area (Å²) in [4.78, 5) is 21.0. The quantitative estimate of drug-likeness (QED) is 0.425. The highest BCUT2D eigenvalue weighted by molar-refractivity contribution is 5.79. The average molecular weight is 554 g/mol. The molecule has 1 aromatic carbocycles. The fraction of sp³-hybridized carbons (Fsp3) is 0.429. The topological polar surface area (TPSA) is 79.1 Å². The summed E-state index contributed by atoms with van der Waals surface area (Å²) in [7, 11) is 3.86. The molecular weight excluding hydrogens is 523 g/mol. The van der Waals surface area contributed by atoms with E-state index in [-0.39, 0.29) is 18.8 Å². The lowest BCUT2D eigenvalue weighted by atomic mass is 10.0. The van der Waals surface area contributed by atoms with Gasteiger partial charge in [-0.3, -0.25) is 9.67 Å². The number of hydrogen-bond acceptors (Lipinski definition) is 6. The molecule has 0 N–H and O–H groups in total. The van der Waals surface area contributed by atoms with Crippen LogP contribution in [-0.2, 0) is 7.05 Å². The summed E-state index contributed by atoms with van der Waals surface area (Å²) in [5.41, 5.74) is 2.60. The van der Waals surface area contributed by atoms with Crippen LogP contribution in [-0.4, -0.2) is 69.7 Å². The van der Waals surface area contributed by atoms with E-state index in [1.54, 1.807) is 17.0 Å². The van der Waals surface area contributed by atoms with Gasteiger partial charge in [0, 0.05) is 51.0 Å². The van der Waals surface area contributed by atoms with Crippen molar-refractivity contribution < 1.29 is 22.7 Å². The number of benzene rings is 1. The molecule has 2 aromatic heterocycles. The zero-order valence-corrected chi connectivity index (χ0v) is 22.5. The number of aromatic nitrogens is 3. The molecule has 6 rings (SSSR count). The smallest absolute Gasteiger partial charge is 0.341 e. The third kappa shape index (κ3) is 4.98. The first-order valence-electron chi connectivity index (χ1n) is 13.3. The normalized spacial score (nSPS) is 18.8. The fourth-order valence-corrected chi connectivity index (χ4v) is 5.39. The molecule has 1 aliphatic carbocycles. The Morgan fingerprint density at radius 2 is 1.85 bits per heavy atom. The van der Waals surface area contributed by atoms with Gasteiger partial charge >= 0.3 is 6.03 Å². The van der Waals surface area contributed by atoms with E-state index in [0.717, 1.165) is 35.9 Å². The van der Waals surface area contributed by atoms with Crippen LogP contribution in [0.3, 0.4) is 0 Å². The molecule has 3 aromatic rings. The Morgan fingerprint density at radius 1 is 1.12 bits per heavy atom. The lowest BCUT2D eigenvalue weighted by Gasteiger charge is -2.41. The zero-order chi connectivity index (χ0) is 28.1. The Labute approximate surface area is 229 Å². The number of nitrogens with zero attached hydrogens (tertiary/aromatic N) is 7. The number of likely N-dealkylation sites (tertiary alicyclic amines) is 1. The van der Waals surface area contributed by atoms with Crippen LogP contribution in [0, 0.1) is 30.3 Å². The number of carbonyl (C=O) groups excluding carboxylic acids is 1. The van der Waals surface area contributed by atoms with Gasteiger partial charge in [0.25, 0.3) is 0 Å². The van der Waals surface area contributed by atoms with Crippen molar-refractivity contribution in [2.75, 3.05) is 31.6 Å². The minimum Gasteiger partial charge on any atom is -0.483 e. The first-order chi connectivity index (χ1) is 19.2. The van der Waals surface area contributed by atoms with E-state index in [4.69, 9.17) is 4.74 Å². The molecule has 9 nitrogen and oxygen atoms in total. The molecule has 1 atom stereocenters. The van der Waals surface area contributed by atoms with Crippen LogP contribution in [0.1, 0.15) is 36.4 Å². The van der Waals surface area contributed by atoms with E-state index in [1.807, 2.05) is 21.0 Å². The molecule has 2 aliphatic heterocycles. The van der Waals surface area contributed by atoms with Gasteiger partial charge in [0.1, 0.15) is 17.7 Å². The van der Waals surface area contributed by atoms with Gasteiger partial charge < -0.3 is 14.5 Å². The molecule has 2 amide bonds. The summed E-state index contributed by atoms with van der Waals surface area (Å²) in [6.45, 7) is 3.36. The van der Waals surface area contributed by atoms with Gasteiger partial charge in [0.15, 0.2) is 17.4 Å². The van der Waals surface area contributed by atoms with Crippen LogP contribution in [0.15, 0.2) is 35.6 Å². The van der Waals surface area contributed by atoms with Crippen molar-refractivity contribution in [3.8, 4) is 17.1 Å². The minimum atomic E-state index is -0.715. The Morgan fingerprint density at radius 3 is 2.55 bits per heavy atom. The summed E-state index contributed by atoms with van der Waals surface area (Å²) in [6, 6.07) is 3.74. The summed E-state index contributed by atoms with van der Waals surface area (Å²) >= 11 is 0. The van der Waals surface area contributed by atoms with Gasteiger partial charge in [-0.15, -0.1) is 0 Å².